The van der Waals surface area contributed by atoms with E-state index < -0.39 is 0 Å². The Morgan fingerprint density at radius 1 is 0.944 bits per heavy atom. The summed E-state index contributed by atoms with van der Waals surface area (Å²) in [6, 6.07) is 14.2. The van der Waals surface area contributed by atoms with Crippen molar-refractivity contribution in [1.82, 2.24) is 0 Å². The number of hydrogen-bond acceptors (Lipinski definition) is 4. The van der Waals surface area contributed by atoms with Crippen LogP contribution in [-0.4, -0.2) is 18.3 Å². The Morgan fingerprint density at radius 3 is 2.39 bits per heavy atom. The molecule has 0 aliphatic heterocycles. The highest BCUT2D eigenvalue weighted by atomic mass is 16.5. The molecule has 0 aliphatic carbocycles. The van der Waals surface area contributed by atoms with Gasteiger partial charge in [-0.15, -0.1) is 0 Å². The molecule has 0 spiro atoms. The number of benzene rings is 2. The second-order valence-electron chi connectivity index (χ2n) is 3.74. The number of aromatic hydroxyl groups is 1. The number of nitrogens with two attached hydrogens (primary N) is 1. The summed E-state index contributed by atoms with van der Waals surface area (Å²) in [7, 11) is 0. The van der Waals surface area contributed by atoms with Crippen molar-refractivity contribution in [3.63, 3.8) is 0 Å². The molecule has 0 radical (unpaired) electrons. The van der Waals surface area contributed by atoms with Gasteiger partial charge in [-0.05, 0) is 24.3 Å². The Kier molecular flexibility index (Phi) is 3.91. The van der Waals surface area contributed by atoms with E-state index in [0.717, 1.165) is 5.75 Å². The molecule has 0 unspecified atom stereocenters. The molecule has 2 aromatic carbocycles. The molecule has 18 heavy (non-hydrogen) atoms. The van der Waals surface area contributed by atoms with Gasteiger partial charge in [-0.25, -0.2) is 0 Å². The SMILES string of the molecule is Nc1ccc(OCCOc2ccccc2)c(O)c1. The molecule has 0 bridgehead atoms. The second-order valence-corrected chi connectivity index (χ2v) is 3.74. The van der Waals surface area contributed by atoms with Crippen molar-refractivity contribution >= 4 is 5.69 Å². The lowest BCUT2D eigenvalue weighted by atomic mass is 10.3. The van der Waals surface area contributed by atoms with Crippen molar-refractivity contribution in [1.29, 1.82) is 0 Å². The molecule has 3 N–H and O–H groups in total. The normalized spacial score (nSPS) is 10.0. The number of hydrogen-bond donors (Lipinski definition) is 2. The first-order valence-corrected chi connectivity index (χ1v) is 5.65. The van der Waals surface area contributed by atoms with E-state index in [1.54, 1.807) is 12.1 Å². The molecule has 0 heterocycles. The van der Waals surface area contributed by atoms with E-state index in [2.05, 4.69) is 0 Å². The van der Waals surface area contributed by atoms with Gasteiger partial charge in [0.25, 0.3) is 0 Å². The first kappa shape index (κ1) is 12.1. The first-order valence-electron chi connectivity index (χ1n) is 5.65. The van der Waals surface area contributed by atoms with Gasteiger partial charge in [0.05, 0.1) is 0 Å². The standard InChI is InChI=1S/C14H15NO3/c15-11-6-7-14(13(16)10-11)18-9-8-17-12-4-2-1-3-5-12/h1-7,10,16H,8-9,15H2. The molecule has 0 aromatic heterocycles. The van der Waals surface area contributed by atoms with Gasteiger partial charge in [0.15, 0.2) is 11.5 Å². The van der Waals surface area contributed by atoms with Crippen LogP contribution >= 0.6 is 0 Å². The molecular weight excluding hydrogens is 230 g/mol. The fourth-order valence-corrected chi connectivity index (χ4v) is 1.48. The monoisotopic (exact) mass is 245 g/mol. The van der Waals surface area contributed by atoms with Crippen molar-refractivity contribution in [2.24, 2.45) is 0 Å². The average Bonchev–Trinajstić information content (AvgIpc) is 2.38. The van der Waals surface area contributed by atoms with Crippen LogP contribution in [0.3, 0.4) is 0 Å². The van der Waals surface area contributed by atoms with Crippen LogP contribution in [0, 0.1) is 0 Å². The number of rotatable bonds is 5. The van der Waals surface area contributed by atoms with Gasteiger partial charge in [-0.1, -0.05) is 18.2 Å². The van der Waals surface area contributed by atoms with Crippen LogP contribution in [0.1, 0.15) is 0 Å². The third kappa shape index (κ3) is 3.31. The van der Waals surface area contributed by atoms with Crippen molar-refractivity contribution in [3.8, 4) is 17.2 Å². The van der Waals surface area contributed by atoms with Gasteiger partial charge in [-0.3, -0.25) is 0 Å². The van der Waals surface area contributed by atoms with Crippen LogP contribution in [0.15, 0.2) is 48.5 Å². The lowest BCUT2D eigenvalue weighted by molar-refractivity contribution is 0.212. The van der Waals surface area contributed by atoms with Gasteiger partial charge >= 0.3 is 0 Å². The molecular formula is C14H15NO3. The Balaban J connectivity index is 1.79. The van der Waals surface area contributed by atoms with Gasteiger partial charge in [-0.2, -0.15) is 0 Å². The summed E-state index contributed by atoms with van der Waals surface area (Å²) in [6.45, 7) is 0.764. The predicted molar refractivity (Wildman–Crippen MR) is 70.0 cm³/mol. The van der Waals surface area contributed by atoms with Crippen LogP contribution in [0.25, 0.3) is 0 Å². The third-order valence-electron chi connectivity index (χ3n) is 2.34. The zero-order chi connectivity index (χ0) is 12.8. The summed E-state index contributed by atoms with van der Waals surface area (Å²) in [5.74, 6) is 1.23. The highest BCUT2D eigenvalue weighted by Gasteiger charge is 2.02. The Labute approximate surface area is 106 Å². The van der Waals surface area contributed by atoms with E-state index >= 15 is 0 Å². The summed E-state index contributed by atoms with van der Waals surface area (Å²) in [5.41, 5.74) is 6.02. The van der Waals surface area contributed by atoms with E-state index in [4.69, 9.17) is 15.2 Å². The maximum absolute atomic E-state index is 9.56. The molecule has 0 amide bonds. The molecule has 0 fully saturated rings. The Bertz CT molecular complexity index is 500. The summed E-state index contributed by atoms with van der Waals surface area (Å²) < 4.78 is 10.8. The third-order valence-corrected chi connectivity index (χ3v) is 2.34. The first-order chi connectivity index (χ1) is 8.75. The molecule has 0 saturated heterocycles. The highest BCUT2D eigenvalue weighted by Crippen LogP contribution is 2.27. The number of anilines is 1. The lowest BCUT2D eigenvalue weighted by Crippen LogP contribution is -2.09. The lowest BCUT2D eigenvalue weighted by Gasteiger charge is -2.09. The molecule has 2 rings (SSSR count). The smallest absolute Gasteiger partial charge is 0.161 e. The number of phenols is 1. The van der Waals surface area contributed by atoms with Crippen LogP contribution in [-0.2, 0) is 0 Å². The largest absolute Gasteiger partial charge is 0.504 e. The van der Waals surface area contributed by atoms with Crippen LogP contribution in [0.5, 0.6) is 17.2 Å². The fourth-order valence-electron chi connectivity index (χ4n) is 1.48. The van der Waals surface area contributed by atoms with Crippen molar-refractivity contribution in [2.45, 2.75) is 0 Å². The van der Waals surface area contributed by atoms with Crippen molar-refractivity contribution < 1.29 is 14.6 Å². The molecule has 4 heteroatoms. The van der Waals surface area contributed by atoms with E-state index in [0.29, 0.717) is 24.7 Å². The summed E-state index contributed by atoms with van der Waals surface area (Å²) in [4.78, 5) is 0. The van der Waals surface area contributed by atoms with E-state index in [1.807, 2.05) is 30.3 Å². The maximum atomic E-state index is 9.56. The van der Waals surface area contributed by atoms with E-state index in [-0.39, 0.29) is 5.75 Å². The van der Waals surface area contributed by atoms with E-state index in [1.165, 1.54) is 6.07 Å². The minimum atomic E-state index is 0.0368. The van der Waals surface area contributed by atoms with Gasteiger partial charge in [0.2, 0.25) is 0 Å². The molecule has 94 valence electrons. The molecule has 0 atom stereocenters. The summed E-state index contributed by atoms with van der Waals surface area (Å²) >= 11 is 0. The molecule has 2 aromatic rings. The number of nitrogen functional groups attached to an aromatic ring is 1. The number of para-hydroxylation sites is 1. The topological polar surface area (TPSA) is 64.7 Å². The van der Waals surface area contributed by atoms with Gasteiger partial charge in [0.1, 0.15) is 19.0 Å². The van der Waals surface area contributed by atoms with Crippen LogP contribution < -0.4 is 15.2 Å². The summed E-state index contributed by atoms with van der Waals surface area (Å²) in [6.07, 6.45) is 0. The Morgan fingerprint density at radius 2 is 1.67 bits per heavy atom. The maximum Gasteiger partial charge on any atom is 0.161 e. The zero-order valence-corrected chi connectivity index (χ0v) is 9.87. The minimum absolute atomic E-state index is 0.0368. The molecule has 0 saturated carbocycles. The van der Waals surface area contributed by atoms with E-state index in [9.17, 15) is 5.11 Å². The minimum Gasteiger partial charge on any atom is -0.504 e. The zero-order valence-electron chi connectivity index (χ0n) is 9.87. The fraction of sp³-hybridized carbons (Fsp3) is 0.143. The molecule has 0 aliphatic rings. The molecule has 4 nitrogen and oxygen atoms in total. The Hall–Kier alpha value is -2.36. The number of phenolic OH excluding ortho intramolecular Hbond substituents is 1. The van der Waals surface area contributed by atoms with Crippen molar-refractivity contribution in [3.05, 3.63) is 48.5 Å². The van der Waals surface area contributed by atoms with Crippen LogP contribution in [0.4, 0.5) is 5.69 Å². The second kappa shape index (κ2) is 5.82. The van der Waals surface area contributed by atoms with Gasteiger partial charge < -0.3 is 20.3 Å². The summed E-state index contributed by atoms with van der Waals surface area (Å²) in [5, 5.41) is 9.56. The highest BCUT2D eigenvalue weighted by molar-refractivity contribution is 5.51. The van der Waals surface area contributed by atoms with Gasteiger partial charge in [0, 0.05) is 11.8 Å². The van der Waals surface area contributed by atoms with Crippen molar-refractivity contribution in [2.75, 3.05) is 18.9 Å². The van der Waals surface area contributed by atoms with Crippen LogP contribution in [0.2, 0.25) is 0 Å². The predicted octanol–water partition coefficient (Wildman–Crippen LogP) is 2.43. The number of ether oxygens (including phenoxy) is 2. The average molecular weight is 245 g/mol. The quantitative estimate of drug-likeness (QED) is 0.627.